The van der Waals surface area contributed by atoms with Gasteiger partial charge in [0.05, 0.1) is 7.11 Å². The standard InChI is InChI=1S/C10H15NOS/c1-4-8(2)13-10-7-5-6-9(11-10)12-3/h5-8H,4H2,1-3H3. The van der Waals surface area contributed by atoms with Crippen LogP contribution < -0.4 is 4.74 Å². The Morgan fingerprint density at radius 2 is 2.31 bits per heavy atom. The highest BCUT2D eigenvalue weighted by molar-refractivity contribution is 7.99. The first-order chi connectivity index (χ1) is 6.26. The molecule has 2 nitrogen and oxygen atoms in total. The van der Waals surface area contributed by atoms with Gasteiger partial charge in [-0.05, 0) is 12.5 Å². The van der Waals surface area contributed by atoms with E-state index in [9.17, 15) is 0 Å². The van der Waals surface area contributed by atoms with E-state index in [-0.39, 0.29) is 0 Å². The van der Waals surface area contributed by atoms with Crippen LogP contribution in [0.15, 0.2) is 23.2 Å². The summed E-state index contributed by atoms with van der Waals surface area (Å²) in [6.45, 7) is 4.38. The minimum Gasteiger partial charge on any atom is -0.481 e. The van der Waals surface area contributed by atoms with Crippen molar-refractivity contribution >= 4 is 11.8 Å². The highest BCUT2D eigenvalue weighted by Crippen LogP contribution is 2.24. The van der Waals surface area contributed by atoms with Crippen LogP contribution in [0.5, 0.6) is 5.88 Å². The Morgan fingerprint density at radius 3 is 2.92 bits per heavy atom. The fourth-order valence-electron chi connectivity index (χ4n) is 0.865. The Labute approximate surface area is 83.7 Å². The lowest BCUT2D eigenvalue weighted by molar-refractivity contribution is 0.394. The van der Waals surface area contributed by atoms with Gasteiger partial charge in [-0.3, -0.25) is 0 Å². The van der Waals surface area contributed by atoms with Crippen molar-refractivity contribution in [3.8, 4) is 5.88 Å². The maximum absolute atomic E-state index is 5.05. The van der Waals surface area contributed by atoms with Gasteiger partial charge in [0.15, 0.2) is 0 Å². The molecule has 0 aliphatic rings. The van der Waals surface area contributed by atoms with Crippen LogP contribution in [0.2, 0.25) is 0 Å². The third-order valence-electron chi connectivity index (χ3n) is 1.80. The van der Waals surface area contributed by atoms with Crippen LogP contribution in [0, 0.1) is 0 Å². The van der Waals surface area contributed by atoms with Gasteiger partial charge in [0.25, 0.3) is 0 Å². The first-order valence-electron chi connectivity index (χ1n) is 4.44. The number of thioether (sulfide) groups is 1. The summed E-state index contributed by atoms with van der Waals surface area (Å²) in [4.78, 5) is 4.32. The number of methoxy groups -OCH3 is 1. The summed E-state index contributed by atoms with van der Waals surface area (Å²) in [7, 11) is 1.64. The van der Waals surface area contributed by atoms with E-state index >= 15 is 0 Å². The zero-order chi connectivity index (χ0) is 9.68. The summed E-state index contributed by atoms with van der Waals surface area (Å²) in [6.07, 6.45) is 1.16. The number of hydrogen-bond donors (Lipinski definition) is 0. The quantitative estimate of drug-likeness (QED) is 0.693. The van der Waals surface area contributed by atoms with Crippen LogP contribution in [0.4, 0.5) is 0 Å². The Hall–Kier alpha value is -0.700. The molecule has 0 saturated carbocycles. The topological polar surface area (TPSA) is 22.1 Å². The molecule has 0 aromatic carbocycles. The van der Waals surface area contributed by atoms with Crippen LogP contribution >= 0.6 is 11.8 Å². The van der Waals surface area contributed by atoms with E-state index in [0.717, 1.165) is 11.4 Å². The largest absolute Gasteiger partial charge is 0.481 e. The molecule has 1 aromatic heterocycles. The molecule has 1 unspecified atom stereocenters. The number of pyridine rings is 1. The molecule has 0 aliphatic carbocycles. The van der Waals surface area contributed by atoms with Crippen LogP contribution in [-0.2, 0) is 0 Å². The minimum absolute atomic E-state index is 0.611. The Kier molecular flexibility index (Phi) is 4.09. The average Bonchev–Trinajstić information content (AvgIpc) is 2.18. The summed E-state index contributed by atoms with van der Waals surface area (Å²) in [5.74, 6) is 0.688. The average molecular weight is 197 g/mol. The molecule has 13 heavy (non-hydrogen) atoms. The maximum Gasteiger partial charge on any atom is 0.213 e. The number of rotatable bonds is 4. The summed E-state index contributed by atoms with van der Waals surface area (Å²) in [6, 6.07) is 5.84. The molecule has 0 spiro atoms. The highest BCUT2D eigenvalue weighted by Gasteiger charge is 2.03. The first-order valence-corrected chi connectivity index (χ1v) is 5.32. The normalized spacial score (nSPS) is 12.5. The van der Waals surface area contributed by atoms with E-state index in [1.165, 1.54) is 0 Å². The number of ether oxygens (including phenoxy) is 1. The lowest BCUT2D eigenvalue weighted by Gasteiger charge is -2.07. The zero-order valence-corrected chi connectivity index (χ0v) is 9.10. The molecule has 72 valence electrons. The van der Waals surface area contributed by atoms with E-state index < -0.39 is 0 Å². The molecule has 1 rings (SSSR count). The zero-order valence-electron chi connectivity index (χ0n) is 8.28. The predicted molar refractivity (Wildman–Crippen MR) is 56.4 cm³/mol. The second-order valence-electron chi connectivity index (χ2n) is 2.85. The minimum atomic E-state index is 0.611. The van der Waals surface area contributed by atoms with Crippen molar-refractivity contribution in [1.82, 2.24) is 4.98 Å². The van der Waals surface area contributed by atoms with Crippen LogP contribution in [0.1, 0.15) is 20.3 Å². The summed E-state index contributed by atoms with van der Waals surface area (Å²) in [5, 5.41) is 1.65. The summed E-state index contributed by atoms with van der Waals surface area (Å²) in [5.41, 5.74) is 0. The molecule has 0 fully saturated rings. The van der Waals surface area contributed by atoms with Crippen LogP contribution in [0.25, 0.3) is 0 Å². The van der Waals surface area contributed by atoms with E-state index in [1.807, 2.05) is 18.2 Å². The van der Waals surface area contributed by atoms with Gasteiger partial charge in [0.1, 0.15) is 5.03 Å². The van der Waals surface area contributed by atoms with Gasteiger partial charge in [0.2, 0.25) is 5.88 Å². The molecule has 1 atom stereocenters. The molecule has 3 heteroatoms. The van der Waals surface area contributed by atoms with Crippen molar-refractivity contribution in [1.29, 1.82) is 0 Å². The number of aromatic nitrogens is 1. The molecular formula is C10H15NOS. The molecule has 0 radical (unpaired) electrons. The van der Waals surface area contributed by atoms with Gasteiger partial charge >= 0.3 is 0 Å². The molecule has 0 N–H and O–H groups in total. The second-order valence-corrected chi connectivity index (χ2v) is 4.31. The summed E-state index contributed by atoms with van der Waals surface area (Å²) >= 11 is 1.78. The van der Waals surface area contributed by atoms with Gasteiger partial charge in [-0.2, -0.15) is 0 Å². The van der Waals surface area contributed by atoms with E-state index in [0.29, 0.717) is 11.1 Å². The van der Waals surface area contributed by atoms with Crippen molar-refractivity contribution in [3.05, 3.63) is 18.2 Å². The van der Waals surface area contributed by atoms with Gasteiger partial charge in [-0.1, -0.05) is 19.9 Å². The van der Waals surface area contributed by atoms with Crippen molar-refractivity contribution in [2.45, 2.75) is 30.5 Å². The van der Waals surface area contributed by atoms with Crippen LogP contribution in [0.3, 0.4) is 0 Å². The SMILES string of the molecule is CCC(C)Sc1cccc(OC)n1. The van der Waals surface area contributed by atoms with E-state index in [4.69, 9.17) is 4.74 Å². The lowest BCUT2D eigenvalue weighted by atomic mass is 10.4. The summed E-state index contributed by atoms with van der Waals surface area (Å²) < 4.78 is 5.05. The molecule has 0 amide bonds. The molecule has 1 heterocycles. The first kappa shape index (κ1) is 10.4. The molecule has 1 aromatic rings. The van der Waals surface area contributed by atoms with Gasteiger partial charge in [0, 0.05) is 11.3 Å². The second kappa shape index (κ2) is 5.12. The van der Waals surface area contributed by atoms with Gasteiger partial charge in [-0.25, -0.2) is 4.98 Å². The Balaban J connectivity index is 2.66. The fraction of sp³-hybridized carbons (Fsp3) is 0.500. The molecule has 0 aliphatic heterocycles. The van der Waals surface area contributed by atoms with Crippen molar-refractivity contribution < 1.29 is 4.74 Å². The number of hydrogen-bond acceptors (Lipinski definition) is 3. The van der Waals surface area contributed by atoms with Crippen LogP contribution in [-0.4, -0.2) is 17.3 Å². The Bertz CT molecular complexity index is 265. The highest BCUT2D eigenvalue weighted by atomic mass is 32.2. The maximum atomic E-state index is 5.05. The molecular weight excluding hydrogens is 182 g/mol. The molecule has 0 saturated heterocycles. The smallest absolute Gasteiger partial charge is 0.213 e. The van der Waals surface area contributed by atoms with Gasteiger partial charge < -0.3 is 4.74 Å². The Morgan fingerprint density at radius 1 is 1.54 bits per heavy atom. The molecule has 0 bridgehead atoms. The van der Waals surface area contributed by atoms with E-state index in [2.05, 4.69) is 18.8 Å². The third kappa shape index (κ3) is 3.27. The van der Waals surface area contributed by atoms with Crippen molar-refractivity contribution in [2.24, 2.45) is 0 Å². The third-order valence-corrected chi connectivity index (χ3v) is 3.01. The van der Waals surface area contributed by atoms with E-state index in [1.54, 1.807) is 18.9 Å². The van der Waals surface area contributed by atoms with Crippen molar-refractivity contribution in [2.75, 3.05) is 7.11 Å². The lowest BCUT2D eigenvalue weighted by Crippen LogP contribution is -1.94. The van der Waals surface area contributed by atoms with Crippen molar-refractivity contribution in [3.63, 3.8) is 0 Å². The van der Waals surface area contributed by atoms with Gasteiger partial charge in [-0.15, -0.1) is 11.8 Å². The predicted octanol–water partition coefficient (Wildman–Crippen LogP) is 2.98. The fourth-order valence-corrected chi connectivity index (χ4v) is 1.74. The monoisotopic (exact) mass is 197 g/mol. The number of nitrogens with zero attached hydrogens (tertiary/aromatic N) is 1.